The van der Waals surface area contributed by atoms with Crippen molar-refractivity contribution in [1.29, 1.82) is 0 Å². The topological polar surface area (TPSA) is 104 Å². The van der Waals surface area contributed by atoms with Gasteiger partial charge in [-0.3, -0.25) is 14.9 Å². The van der Waals surface area contributed by atoms with Crippen molar-refractivity contribution >= 4 is 17.3 Å². The lowest BCUT2D eigenvalue weighted by molar-refractivity contribution is -0.384. The van der Waals surface area contributed by atoms with E-state index < -0.39 is 4.92 Å². The van der Waals surface area contributed by atoms with E-state index in [1.807, 2.05) is 0 Å². The quantitative estimate of drug-likeness (QED) is 0.446. The Morgan fingerprint density at radius 3 is 2.95 bits per heavy atom. The van der Waals surface area contributed by atoms with Crippen LogP contribution in [0.1, 0.15) is 19.3 Å². The van der Waals surface area contributed by atoms with Gasteiger partial charge in [-0.05, 0) is 37.3 Å². The second kappa shape index (κ2) is 5.33. The first-order chi connectivity index (χ1) is 10.1. The number of nitro groups is 1. The van der Waals surface area contributed by atoms with E-state index in [-0.39, 0.29) is 29.1 Å². The third kappa shape index (κ3) is 2.56. The fraction of sp³-hybridized carbons (Fsp3) is 0.500. The van der Waals surface area contributed by atoms with E-state index in [2.05, 4.69) is 10.6 Å². The summed E-state index contributed by atoms with van der Waals surface area (Å²) < 4.78 is 0. The van der Waals surface area contributed by atoms with Crippen LogP contribution in [-0.2, 0) is 4.79 Å². The molecule has 0 spiro atoms. The number of hydrogen-bond donors (Lipinski definition) is 3. The standard InChI is InChI=1S/C14H17N3O4/c18-12-6-9(17(20)21)4-5-11(12)16-14(19)13-10-3-1-2-8(10)7-15-13/h4-6,8,10,13,15,18H,1-3,7H2,(H,16,19). The average molecular weight is 291 g/mol. The normalized spacial score (nSPS) is 27.3. The summed E-state index contributed by atoms with van der Waals surface area (Å²) in [5.41, 5.74) is -0.00538. The van der Waals surface area contributed by atoms with Crippen molar-refractivity contribution in [3.63, 3.8) is 0 Å². The van der Waals surface area contributed by atoms with Crippen molar-refractivity contribution in [2.24, 2.45) is 11.8 Å². The zero-order chi connectivity index (χ0) is 15.0. The van der Waals surface area contributed by atoms with Crippen molar-refractivity contribution in [3.8, 4) is 5.75 Å². The molecule has 1 aliphatic carbocycles. The fourth-order valence-electron chi connectivity index (χ4n) is 3.42. The SMILES string of the molecule is O=C(Nc1ccc([N+](=O)[O-])cc1O)C1NCC2CCCC21. The molecule has 3 rings (SSSR count). The Bertz CT molecular complexity index is 590. The lowest BCUT2D eigenvalue weighted by Gasteiger charge is -2.18. The predicted octanol–water partition coefficient (Wildman–Crippen LogP) is 1.63. The number of carbonyl (C=O) groups excluding carboxylic acids is 1. The highest BCUT2D eigenvalue weighted by molar-refractivity contribution is 5.96. The summed E-state index contributed by atoms with van der Waals surface area (Å²) >= 11 is 0. The lowest BCUT2D eigenvalue weighted by atomic mass is 9.93. The van der Waals surface area contributed by atoms with Crippen molar-refractivity contribution < 1.29 is 14.8 Å². The first-order valence-corrected chi connectivity index (χ1v) is 7.08. The molecular weight excluding hydrogens is 274 g/mol. The Labute approximate surface area is 121 Å². The van der Waals surface area contributed by atoms with Gasteiger partial charge in [0.25, 0.3) is 5.69 Å². The summed E-state index contributed by atoms with van der Waals surface area (Å²) in [7, 11) is 0. The molecule has 0 radical (unpaired) electrons. The average Bonchev–Trinajstić information content (AvgIpc) is 3.03. The van der Waals surface area contributed by atoms with Gasteiger partial charge in [0, 0.05) is 6.07 Å². The number of nitrogens with zero attached hydrogens (tertiary/aromatic N) is 1. The number of hydrogen-bond acceptors (Lipinski definition) is 5. The Morgan fingerprint density at radius 1 is 1.43 bits per heavy atom. The molecule has 0 aromatic heterocycles. The smallest absolute Gasteiger partial charge is 0.273 e. The largest absolute Gasteiger partial charge is 0.506 e. The molecular formula is C14H17N3O4. The van der Waals surface area contributed by atoms with Crippen LogP contribution >= 0.6 is 0 Å². The molecule has 2 aliphatic rings. The Morgan fingerprint density at radius 2 is 2.24 bits per heavy atom. The molecule has 7 nitrogen and oxygen atoms in total. The zero-order valence-corrected chi connectivity index (χ0v) is 11.4. The summed E-state index contributed by atoms with van der Waals surface area (Å²) in [4.78, 5) is 22.3. The van der Waals surface area contributed by atoms with E-state index in [1.54, 1.807) is 0 Å². The molecule has 1 aliphatic heterocycles. The maximum Gasteiger partial charge on any atom is 0.273 e. The molecule has 1 amide bonds. The van der Waals surface area contributed by atoms with Crippen molar-refractivity contribution in [2.75, 3.05) is 11.9 Å². The van der Waals surface area contributed by atoms with Gasteiger partial charge in [0.05, 0.1) is 22.7 Å². The highest BCUT2D eigenvalue weighted by atomic mass is 16.6. The maximum absolute atomic E-state index is 12.3. The third-order valence-electron chi connectivity index (χ3n) is 4.48. The van der Waals surface area contributed by atoms with Crippen LogP contribution in [0.2, 0.25) is 0 Å². The summed E-state index contributed by atoms with van der Waals surface area (Å²) in [6, 6.07) is 3.41. The van der Waals surface area contributed by atoms with E-state index in [0.717, 1.165) is 31.9 Å². The number of rotatable bonds is 3. The molecule has 21 heavy (non-hydrogen) atoms. The Kier molecular flexibility index (Phi) is 3.50. The number of amides is 1. The van der Waals surface area contributed by atoms with Crippen LogP contribution in [0.15, 0.2) is 18.2 Å². The number of aromatic hydroxyl groups is 1. The van der Waals surface area contributed by atoms with E-state index in [9.17, 15) is 20.0 Å². The molecule has 1 saturated carbocycles. The molecule has 3 unspecified atom stereocenters. The Hall–Kier alpha value is -2.15. The molecule has 3 atom stereocenters. The lowest BCUT2D eigenvalue weighted by Crippen LogP contribution is -2.39. The van der Waals surface area contributed by atoms with Gasteiger partial charge in [-0.15, -0.1) is 0 Å². The number of nitrogens with one attached hydrogen (secondary N) is 2. The van der Waals surface area contributed by atoms with Crippen LogP contribution in [0, 0.1) is 22.0 Å². The molecule has 1 saturated heterocycles. The molecule has 7 heteroatoms. The number of carbonyl (C=O) groups is 1. The van der Waals surface area contributed by atoms with Gasteiger partial charge >= 0.3 is 0 Å². The van der Waals surface area contributed by atoms with Crippen LogP contribution in [0.5, 0.6) is 5.75 Å². The number of fused-ring (bicyclic) bond motifs is 1. The van der Waals surface area contributed by atoms with E-state index in [0.29, 0.717) is 11.8 Å². The van der Waals surface area contributed by atoms with Gasteiger partial charge in [-0.25, -0.2) is 0 Å². The van der Waals surface area contributed by atoms with Crippen LogP contribution in [0.4, 0.5) is 11.4 Å². The molecule has 112 valence electrons. The second-order valence-electron chi connectivity index (χ2n) is 5.69. The fourth-order valence-corrected chi connectivity index (χ4v) is 3.42. The molecule has 2 fully saturated rings. The molecule has 1 aromatic carbocycles. The van der Waals surface area contributed by atoms with E-state index >= 15 is 0 Å². The first kappa shape index (κ1) is 13.8. The van der Waals surface area contributed by atoms with E-state index in [1.165, 1.54) is 12.1 Å². The van der Waals surface area contributed by atoms with Gasteiger partial charge in [-0.2, -0.15) is 0 Å². The van der Waals surface area contributed by atoms with Crippen LogP contribution < -0.4 is 10.6 Å². The van der Waals surface area contributed by atoms with Crippen LogP contribution in [-0.4, -0.2) is 28.5 Å². The van der Waals surface area contributed by atoms with Crippen molar-refractivity contribution in [2.45, 2.75) is 25.3 Å². The molecule has 3 N–H and O–H groups in total. The monoisotopic (exact) mass is 291 g/mol. The number of phenols is 1. The predicted molar refractivity (Wildman–Crippen MR) is 76.0 cm³/mol. The summed E-state index contributed by atoms with van der Waals surface area (Å²) in [5, 5.41) is 26.3. The van der Waals surface area contributed by atoms with Crippen molar-refractivity contribution in [3.05, 3.63) is 28.3 Å². The minimum atomic E-state index is -0.590. The zero-order valence-electron chi connectivity index (χ0n) is 11.4. The maximum atomic E-state index is 12.3. The molecule has 1 aromatic rings. The van der Waals surface area contributed by atoms with Gasteiger partial charge in [-0.1, -0.05) is 6.42 Å². The van der Waals surface area contributed by atoms with Gasteiger partial charge in [0.2, 0.25) is 5.91 Å². The third-order valence-corrected chi connectivity index (χ3v) is 4.48. The van der Waals surface area contributed by atoms with Gasteiger partial charge in [0.15, 0.2) is 0 Å². The number of anilines is 1. The highest BCUT2D eigenvalue weighted by Gasteiger charge is 2.42. The Balaban J connectivity index is 1.71. The number of benzene rings is 1. The number of phenolic OH excluding ortho intramolecular Hbond substituents is 1. The van der Waals surface area contributed by atoms with Gasteiger partial charge in [0.1, 0.15) is 5.75 Å². The minimum Gasteiger partial charge on any atom is -0.506 e. The van der Waals surface area contributed by atoms with Crippen LogP contribution in [0.25, 0.3) is 0 Å². The molecule has 0 bridgehead atoms. The highest BCUT2D eigenvalue weighted by Crippen LogP contribution is 2.38. The van der Waals surface area contributed by atoms with Crippen LogP contribution in [0.3, 0.4) is 0 Å². The summed E-state index contributed by atoms with van der Waals surface area (Å²) in [6.07, 6.45) is 3.36. The van der Waals surface area contributed by atoms with Crippen molar-refractivity contribution in [1.82, 2.24) is 5.32 Å². The van der Waals surface area contributed by atoms with E-state index in [4.69, 9.17) is 0 Å². The summed E-state index contributed by atoms with van der Waals surface area (Å²) in [5.74, 6) is 0.434. The second-order valence-corrected chi connectivity index (χ2v) is 5.69. The van der Waals surface area contributed by atoms with Gasteiger partial charge < -0.3 is 15.7 Å². The number of non-ortho nitro benzene ring substituents is 1. The number of nitro benzene ring substituents is 1. The summed E-state index contributed by atoms with van der Waals surface area (Å²) in [6.45, 7) is 0.856. The molecule has 1 heterocycles. The first-order valence-electron chi connectivity index (χ1n) is 7.08. The minimum absolute atomic E-state index is 0.187.